The summed E-state index contributed by atoms with van der Waals surface area (Å²) >= 11 is 3.64. The van der Waals surface area contributed by atoms with E-state index in [4.69, 9.17) is 14.7 Å². The zero-order valence-corrected chi connectivity index (χ0v) is 17.2. The van der Waals surface area contributed by atoms with Crippen LogP contribution in [0.15, 0.2) is 32.7 Å². The van der Waals surface area contributed by atoms with Gasteiger partial charge in [0.2, 0.25) is 0 Å². The summed E-state index contributed by atoms with van der Waals surface area (Å²) in [7, 11) is 3.76. The second-order valence-corrected chi connectivity index (χ2v) is 7.93. The lowest BCUT2D eigenvalue weighted by Gasteiger charge is -2.38. The van der Waals surface area contributed by atoms with E-state index in [2.05, 4.69) is 53.3 Å². The van der Waals surface area contributed by atoms with E-state index in [1.807, 2.05) is 14.2 Å². The zero-order valence-electron chi connectivity index (χ0n) is 15.6. The van der Waals surface area contributed by atoms with Crippen molar-refractivity contribution in [1.82, 2.24) is 5.32 Å². The van der Waals surface area contributed by atoms with Gasteiger partial charge in [-0.15, -0.1) is 0 Å². The lowest BCUT2D eigenvalue weighted by Crippen LogP contribution is -2.36. The minimum Gasteiger partial charge on any atom is -0.381 e. The fourth-order valence-electron chi connectivity index (χ4n) is 4.18. The summed E-state index contributed by atoms with van der Waals surface area (Å²) in [5.74, 6) is 1.34. The van der Waals surface area contributed by atoms with Crippen LogP contribution in [0, 0.1) is 12.8 Å². The molecule has 1 unspecified atom stereocenters. The molecule has 25 heavy (non-hydrogen) atoms. The molecule has 1 N–H and O–H groups in total. The van der Waals surface area contributed by atoms with Crippen molar-refractivity contribution < 1.29 is 4.74 Å². The summed E-state index contributed by atoms with van der Waals surface area (Å²) in [5, 5.41) is 3.27. The van der Waals surface area contributed by atoms with Gasteiger partial charge < -0.3 is 10.1 Å². The quantitative estimate of drug-likeness (QED) is 0.795. The number of halogens is 1. The molecule has 0 bridgehead atoms. The van der Waals surface area contributed by atoms with Gasteiger partial charge >= 0.3 is 0 Å². The van der Waals surface area contributed by atoms with Crippen molar-refractivity contribution >= 4 is 27.5 Å². The van der Waals surface area contributed by atoms with Crippen LogP contribution in [-0.4, -0.2) is 31.8 Å². The number of hydrogen-bond donors (Lipinski definition) is 1. The first-order valence-electron chi connectivity index (χ1n) is 9.20. The molecule has 4 nitrogen and oxygen atoms in total. The third-order valence-corrected chi connectivity index (χ3v) is 6.10. The number of aliphatic imine (C=N–C) groups is 2. The summed E-state index contributed by atoms with van der Waals surface area (Å²) in [5.41, 5.74) is 3.04. The molecule has 1 aromatic carbocycles. The van der Waals surface area contributed by atoms with Gasteiger partial charge in [-0.05, 0) is 56.7 Å². The van der Waals surface area contributed by atoms with Crippen LogP contribution in [0.2, 0.25) is 0 Å². The molecule has 136 valence electrons. The van der Waals surface area contributed by atoms with Crippen molar-refractivity contribution in [2.75, 3.05) is 14.2 Å². The summed E-state index contributed by atoms with van der Waals surface area (Å²) in [4.78, 5) is 10.4. The fourth-order valence-corrected chi connectivity index (χ4v) is 4.54. The molecule has 1 aliphatic heterocycles. The standard InChI is InChI=1S/C20H28BrN3O/c1-5-18-19(22-3)24-20(23-18,14-7-10-16(25-4)11-8-14)17-12-15(21)9-6-13(17)2/h6,9,12,14,16H,5,7-8,10-11H2,1-4H3,(H,22,24). The summed E-state index contributed by atoms with van der Waals surface area (Å²) in [6.45, 7) is 4.32. The maximum atomic E-state index is 5.58. The summed E-state index contributed by atoms with van der Waals surface area (Å²) in [6.07, 6.45) is 5.61. The molecule has 1 saturated carbocycles. The predicted molar refractivity (Wildman–Crippen MR) is 108 cm³/mol. The molecule has 3 rings (SSSR count). The lowest BCUT2D eigenvalue weighted by molar-refractivity contribution is 0.0425. The molecular weight excluding hydrogens is 378 g/mol. The Morgan fingerprint density at radius 2 is 1.96 bits per heavy atom. The number of methoxy groups -OCH3 is 1. The molecule has 1 aliphatic carbocycles. The van der Waals surface area contributed by atoms with Gasteiger partial charge in [0.15, 0.2) is 5.66 Å². The molecular formula is C20H28BrN3O. The lowest BCUT2D eigenvalue weighted by atomic mass is 9.75. The zero-order chi connectivity index (χ0) is 18.0. The highest BCUT2D eigenvalue weighted by Gasteiger charge is 2.46. The Morgan fingerprint density at radius 3 is 2.52 bits per heavy atom. The number of hydrogen-bond acceptors (Lipinski definition) is 4. The van der Waals surface area contributed by atoms with Crippen LogP contribution in [0.3, 0.4) is 0 Å². The first-order chi connectivity index (χ1) is 12.0. The van der Waals surface area contributed by atoms with Crippen molar-refractivity contribution in [3.63, 3.8) is 0 Å². The van der Waals surface area contributed by atoms with E-state index in [0.717, 1.165) is 48.1 Å². The van der Waals surface area contributed by atoms with E-state index in [9.17, 15) is 0 Å². The van der Waals surface area contributed by atoms with Gasteiger partial charge in [0.25, 0.3) is 0 Å². The molecule has 0 spiro atoms. The SMILES string of the molecule is CCC1=NC(c2cc(Br)ccc2C)(C2CCC(OC)CC2)N=C1NC. The molecule has 0 aromatic heterocycles. The minimum absolute atomic E-state index is 0.376. The topological polar surface area (TPSA) is 46.0 Å². The average Bonchev–Trinajstić information content (AvgIpc) is 3.03. The minimum atomic E-state index is -0.504. The first kappa shape index (κ1) is 18.6. The van der Waals surface area contributed by atoms with Gasteiger partial charge in [0.1, 0.15) is 5.84 Å². The van der Waals surface area contributed by atoms with Crippen LogP contribution in [0.5, 0.6) is 0 Å². The number of ether oxygens (including phenoxy) is 1. The maximum Gasteiger partial charge on any atom is 0.181 e. The molecule has 0 saturated heterocycles. The number of nitrogens with one attached hydrogen (secondary N) is 1. The maximum absolute atomic E-state index is 5.58. The molecule has 1 atom stereocenters. The third-order valence-electron chi connectivity index (χ3n) is 5.61. The highest BCUT2D eigenvalue weighted by Crippen LogP contribution is 2.47. The molecule has 1 heterocycles. The molecule has 0 radical (unpaired) electrons. The van der Waals surface area contributed by atoms with Gasteiger partial charge in [-0.3, -0.25) is 4.99 Å². The van der Waals surface area contributed by atoms with Crippen molar-refractivity contribution in [2.45, 2.75) is 57.7 Å². The summed E-state index contributed by atoms with van der Waals surface area (Å²) < 4.78 is 6.66. The predicted octanol–water partition coefficient (Wildman–Crippen LogP) is 4.60. The highest BCUT2D eigenvalue weighted by atomic mass is 79.9. The average molecular weight is 406 g/mol. The summed E-state index contributed by atoms with van der Waals surface area (Å²) in [6, 6.07) is 6.46. The largest absolute Gasteiger partial charge is 0.381 e. The monoisotopic (exact) mass is 405 g/mol. The van der Waals surface area contributed by atoms with Crippen LogP contribution in [0.25, 0.3) is 0 Å². The molecule has 2 aliphatic rings. The van der Waals surface area contributed by atoms with Crippen molar-refractivity contribution in [1.29, 1.82) is 0 Å². The van der Waals surface area contributed by atoms with Gasteiger partial charge in [0.05, 0.1) is 11.8 Å². The van der Waals surface area contributed by atoms with Gasteiger partial charge in [-0.25, -0.2) is 4.99 Å². The van der Waals surface area contributed by atoms with E-state index >= 15 is 0 Å². The Balaban J connectivity index is 2.09. The van der Waals surface area contributed by atoms with Gasteiger partial charge in [0, 0.05) is 30.1 Å². The number of aryl methyl sites for hydroxylation is 1. The molecule has 1 aromatic rings. The van der Waals surface area contributed by atoms with Crippen LogP contribution in [0.1, 0.15) is 50.2 Å². The van der Waals surface area contributed by atoms with Crippen LogP contribution in [-0.2, 0) is 10.4 Å². The molecule has 5 heteroatoms. The van der Waals surface area contributed by atoms with Crippen LogP contribution >= 0.6 is 15.9 Å². The number of amidine groups is 1. The Morgan fingerprint density at radius 1 is 1.24 bits per heavy atom. The number of rotatable bonds is 4. The van der Waals surface area contributed by atoms with E-state index in [1.54, 1.807) is 0 Å². The van der Waals surface area contributed by atoms with Crippen molar-refractivity contribution in [3.05, 3.63) is 33.8 Å². The Bertz CT molecular complexity index is 670. The van der Waals surface area contributed by atoms with Crippen LogP contribution < -0.4 is 5.32 Å². The smallest absolute Gasteiger partial charge is 0.181 e. The van der Waals surface area contributed by atoms with E-state index < -0.39 is 5.66 Å². The van der Waals surface area contributed by atoms with E-state index in [1.165, 1.54) is 11.1 Å². The second-order valence-electron chi connectivity index (χ2n) is 7.02. The Kier molecular flexibility index (Phi) is 5.64. The third kappa shape index (κ3) is 3.41. The Hall–Kier alpha value is -1.20. The fraction of sp³-hybridized carbons (Fsp3) is 0.600. The number of nitrogens with zero attached hydrogens (tertiary/aromatic N) is 2. The number of benzene rings is 1. The highest BCUT2D eigenvalue weighted by molar-refractivity contribution is 9.10. The second kappa shape index (κ2) is 7.58. The van der Waals surface area contributed by atoms with Crippen molar-refractivity contribution in [3.8, 4) is 0 Å². The van der Waals surface area contributed by atoms with Crippen LogP contribution in [0.4, 0.5) is 0 Å². The normalized spacial score (nSPS) is 29.3. The van der Waals surface area contributed by atoms with E-state index in [-0.39, 0.29) is 0 Å². The van der Waals surface area contributed by atoms with Crippen molar-refractivity contribution in [2.24, 2.45) is 15.9 Å². The van der Waals surface area contributed by atoms with Gasteiger partial charge in [-0.1, -0.05) is 28.9 Å². The molecule has 0 amide bonds. The first-order valence-corrected chi connectivity index (χ1v) is 9.99. The van der Waals surface area contributed by atoms with Gasteiger partial charge in [-0.2, -0.15) is 0 Å². The Labute approximate surface area is 159 Å². The van der Waals surface area contributed by atoms with E-state index in [0.29, 0.717) is 12.0 Å². The molecule has 1 fully saturated rings.